The number of carbonyl (C=O) groups excluding carboxylic acids is 3. The summed E-state index contributed by atoms with van der Waals surface area (Å²) in [6, 6.07) is 21.7. The summed E-state index contributed by atoms with van der Waals surface area (Å²) in [6.45, 7) is 2.32. The summed E-state index contributed by atoms with van der Waals surface area (Å²) in [5.74, 6) is -2.12. The highest BCUT2D eigenvalue weighted by Gasteiger charge is 2.45. The van der Waals surface area contributed by atoms with Gasteiger partial charge < -0.3 is 31.3 Å². The maximum Gasteiger partial charge on any atom is 0.422 e. The zero-order valence-electron chi connectivity index (χ0n) is 29.1. The molecule has 0 atom stereocenters. The average Bonchev–Trinajstić information content (AvgIpc) is 3.92. The van der Waals surface area contributed by atoms with Crippen LogP contribution >= 0.6 is 11.6 Å². The van der Waals surface area contributed by atoms with E-state index in [1.807, 2.05) is 32.0 Å². The number of carbonyl (C=O) groups is 3. The number of rotatable bonds is 13. The molecule has 0 unspecified atom stereocenters. The molecule has 2 heterocycles. The first kappa shape index (κ1) is 37.7. The summed E-state index contributed by atoms with van der Waals surface area (Å²) in [5.41, 5.74) is 1.73. The normalized spacial score (nSPS) is 13.4. The molecule has 280 valence electrons. The van der Waals surface area contributed by atoms with Crippen LogP contribution in [0.1, 0.15) is 42.6 Å². The van der Waals surface area contributed by atoms with Crippen molar-refractivity contribution in [2.75, 3.05) is 35.6 Å². The molecule has 0 radical (unpaired) electrons. The minimum absolute atomic E-state index is 0.00949. The van der Waals surface area contributed by atoms with Gasteiger partial charge in [-0.2, -0.15) is 28.1 Å². The first-order valence-corrected chi connectivity index (χ1v) is 17.1. The van der Waals surface area contributed by atoms with Gasteiger partial charge in [0, 0.05) is 46.6 Å². The van der Waals surface area contributed by atoms with Crippen LogP contribution in [0.2, 0.25) is 5.02 Å². The van der Waals surface area contributed by atoms with Crippen molar-refractivity contribution in [1.82, 2.24) is 30.6 Å². The molecular formula is C37H35ClF3N9O4. The predicted octanol–water partition coefficient (Wildman–Crippen LogP) is 6.37. The van der Waals surface area contributed by atoms with E-state index >= 15 is 0 Å². The molecule has 3 aromatic carbocycles. The highest BCUT2D eigenvalue weighted by Crippen LogP contribution is 2.48. The molecule has 0 bridgehead atoms. The number of hydrogen-bond donors (Lipinski definition) is 5. The number of benzene rings is 3. The Morgan fingerprint density at radius 1 is 0.833 bits per heavy atom. The summed E-state index contributed by atoms with van der Waals surface area (Å²) in [6.07, 6.45) is -1.47. The average molecular weight is 762 g/mol. The number of nitrogens with zero attached hydrogens (tertiary/aromatic N) is 4. The lowest BCUT2D eigenvalue weighted by Crippen LogP contribution is -2.44. The standard InChI is InChI=1S/C37H35ClF3N9O4/c1-35(2,20-44-30(52)31(53)45-27-13-14-28-23(18-27)4-3-17-42-28)19-43-29(51)22-5-11-26(12-6-22)46-32-47-33(49-34(48-32)54-21-37(39,40)41)50-36(15-16-36)24-7-9-25(38)10-8-24/h3-14,17-18H,15-16,19-21H2,1-2H3,(H,43,51)(H,44,52)(H,45,53)(H2,46,47,48,49,50). The van der Waals surface area contributed by atoms with Crippen LogP contribution in [-0.4, -0.2) is 63.5 Å². The monoisotopic (exact) mass is 761 g/mol. The quantitative estimate of drug-likeness (QED) is 0.0850. The van der Waals surface area contributed by atoms with E-state index in [1.165, 1.54) is 0 Å². The summed E-state index contributed by atoms with van der Waals surface area (Å²) in [4.78, 5) is 54.7. The fourth-order valence-corrected chi connectivity index (χ4v) is 5.46. The Morgan fingerprint density at radius 3 is 2.22 bits per heavy atom. The maximum atomic E-state index is 13.0. The van der Waals surface area contributed by atoms with Crippen LogP contribution in [-0.2, 0) is 15.1 Å². The Hall–Kier alpha value is -6.03. The second kappa shape index (κ2) is 15.5. The Morgan fingerprint density at radius 2 is 1.52 bits per heavy atom. The molecule has 5 aromatic rings. The van der Waals surface area contributed by atoms with Crippen molar-refractivity contribution in [3.05, 3.63) is 101 Å². The van der Waals surface area contributed by atoms with E-state index in [1.54, 1.807) is 66.9 Å². The van der Waals surface area contributed by atoms with Crippen molar-refractivity contribution in [2.24, 2.45) is 5.41 Å². The Kier molecular flexibility index (Phi) is 10.8. The Labute approximate surface area is 312 Å². The van der Waals surface area contributed by atoms with Crippen molar-refractivity contribution in [3.8, 4) is 6.01 Å². The Bertz CT molecular complexity index is 2160. The fraction of sp³-hybridized carbons (Fsp3) is 0.270. The predicted molar refractivity (Wildman–Crippen MR) is 197 cm³/mol. The molecule has 1 aliphatic carbocycles. The van der Waals surface area contributed by atoms with Crippen LogP contribution in [0.3, 0.4) is 0 Å². The van der Waals surface area contributed by atoms with Crippen molar-refractivity contribution in [1.29, 1.82) is 0 Å². The molecule has 1 fully saturated rings. The van der Waals surface area contributed by atoms with Gasteiger partial charge in [-0.1, -0.05) is 43.6 Å². The number of nitrogens with one attached hydrogen (secondary N) is 5. The zero-order chi connectivity index (χ0) is 38.5. The van der Waals surface area contributed by atoms with Crippen molar-refractivity contribution < 1.29 is 32.3 Å². The molecule has 6 rings (SSSR count). The number of anilines is 4. The second-order valence-electron chi connectivity index (χ2n) is 13.5. The summed E-state index contributed by atoms with van der Waals surface area (Å²) in [7, 11) is 0. The van der Waals surface area contributed by atoms with Gasteiger partial charge in [-0.25, -0.2) is 0 Å². The van der Waals surface area contributed by atoms with Crippen LogP contribution in [0.15, 0.2) is 85.1 Å². The van der Waals surface area contributed by atoms with E-state index in [0.717, 1.165) is 29.3 Å². The first-order valence-electron chi connectivity index (χ1n) is 16.7. The van der Waals surface area contributed by atoms with Crippen LogP contribution in [0.5, 0.6) is 6.01 Å². The van der Waals surface area contributed by atoms with Gasteiger partial charge >= 0.3 is 24.0 Å². The third-order valence-electron chi connectivity index (χ3n) is 8.40. The van der Waals surface area contributed by atoms with Crippen LogP contribution < -0.4 is 31.3 Å². The van der Waals surface area contributed by atoms with E-state index in [4.69, 9.17) is 16.3 Å². The summed E-state index contributed by atoms with van der Waals surface area (Å²) in [5, 5.41) is 15.5. The minimum Gasteiger partial charge on any atom is -0.454 e. The van der Waals surface area contributed by atoms with E-state index < -0.39 is 47.5 Å². The van der Waals surface area contributed by atoms with E-state index in [2.05, 4.69) is 46.5 Å². The molecule has 17 heteroatoms. The number of hydrogen-bond acceptors (Lipinski definition) is 10. The molecule has 1 saturated carbocycles. The molecule has 13 nitrogen and oxygen atoms in total. The molecule has 0 spiro atoms. The highest BCUT2D eigenvalue weighted by molar-refractivity contribution is 6.39. The third-order valence-corrected chi connectivity index (χ3v) is 8.66. The van der Waals surface area contributed by atoms with Crippen molar-refractivity contribution >= 4 is 63.5 Å². The number of alkyl halides is 3. The molecule has 2 aromatic heterocycles. The second-order valence-corrected chi connectivity index (χ2v) is 13.9. The van der Waals surface area contributed by atoms with Gasteiger partial charge in [0.1, 0.15) is 0 Å². The molecule has 0 saturated heterocycles. The Balaban J connectivity index is 1.03. The zero-order valence-corrected chi connectivity index (χ0v) is 29.8. The number of halogens is 4. The molecule has 3 amide bonds. The lowest BCUT2D eigenvalue weighted by atomic mass is 9.93. The smallest absolute Gasteiger partial charge is 0.422 e. The topological polar surface area (TPSA) is 172 Å². The molecule has 5 N–H and O–H groups in total. The van der Waals surface area contributed by atoms with E-state index in [-0.39, 0.29) is 25.0 Å². The fourth-order valence-electron chi connectivity index (χ4n) is 5.33. The largest absolute Gasteiger partial charge is 0.454 e. The van der Waals surface area contributed by atoms with E-state index in [0.29, 0.717) is 22.0 Å². The third kappa shape index (κ3) is 10.1. The summed E-state index contributed by atoms with van der Waals surface area (Å²) < 4.78 is 43.7. The maximum absolute atomic E-state index is 13.0. The van der Waals surface area contributed by atoms with E-state index in [9.17, 15) is 27.6 Å². The molecule has 0 aliphatic heterocycles. The van der Waals surface area contributed by atoms with Gasteiger partial charge in [-0.3, -0.25) is 19.4 Å². The van der Waals surface area contributed by atoms with Gasteiger partial charge in [0.05, 0.1) is 11.1 Å². The molecular weight excluding hydrogens is 727 g/mol. The minimum atomic E-state index is -4.61. The van der Waals surface area contributed by atoms with Gasteiger partial charge in [0.25, 0.3) is 5.91 Å². The van der Waals surface area contributed by atoms with Crippen LogP contribution in [0.25, 0.3) is 10.9 Å². The SMILES string of the molecule is CC(C)(CNC(=O)C(=O)Nc1ccc2ncccc2c1)CNC(=O)c1ccc(Nc2nc(NC3(c4ccc(Cl)cc4)CC3)nc(OCC(F)(F)F)n2)cc1. The van der Waals surface area contributed by atoms with Gasteiger partial charge in [0.2, 0.25) is 11.9 Å². The van der Waals surface area contributed by atoms with Crippen molar-refractivity contribution in [2.45, 2.75) is 38.4 Å². The van der Waals surface area contributed by atoms with Crippen molar-refractivity contribution in [3.63, 3.8) is 0 Å². The van der Waals surface area contributed by atoms with Gasteiger partial charge in [0.15, 0.2) is 6.61 Å². The lowest BCUT2D eigenvalue weighted by Gasteiger charge is -2.25. The molecule has 1 aliphatic rings. The molecule has 54 heavy (non-hydrogen) atoms. The van der Waals surface area contributed by atoms with Gasteiger partial charge in [-0.15, -0.1) is 0 Å². The number of amides is 3. The first-order chi connectivity index (χ1) is 25.7. The number of pyridine rings is 1. The summed E-state index contributed by atoms with van der Waals surface area (Å²) >= 11 is 6.04. The number of fused-ring (bicyclic) bond motifs is 1. The number of aromatic nitrogens is 4. The van der Waals surface area contributed by atoms with Gasteiger partial charge in [-0.05, 0) is 84.5 Å². The highest BCUT2D eigenvalue weighted by atomic mass is 35.5. The van der Waals surface area contributed by atoms with Crippen LogP contribution in [0, 0.1) is 5.41 Å². The number of ether oxygens (including phenoxy) is 1. The lowest BCUT2D eigenvalue weighted by molar-refractivity contribution is -0.154. The van der Waals surface area contributed by atoms with Crippen LogP contribution in [0.4, 0.5) is 36.4 Å².